The molecule has 2 amide bonds. The summed E-state index contributed by atoms with van der Waals surface area (Å²) in [5.74, 6) is 0.622. The van der Waals surface area contributed by atoms with Crippen LogP contribution in [-0.4, -0.2) is 51.9 Å². The number of nitrogens with one attached hydrogen (secondary N) is 2. The fourth-order valence-electron chi connectivity index (χ4n) is 3.59. The highest BCUT2D eigenvalue weighted by molar-refractivity contribution is 5.91. The molecule has 0 spiro atoms. The van der Waals surface area contributed by atoms with Crippen molar-refractivity contribution in [2.45, 2.75) is 19.4 Å². The summed E-state index contributed by atoms with van der Waals surface area (Å²) in [7, 11) is 1.53. The van der Waals surface area contributed by atoms with Gasteiger partial charge in [-0.15, -0.1) is 0 Å². The molecule has 8 heteroatoms. The Kier molecular flexibility index (Phi) is 6.03. The molecule has 2 N–H and O–H groups in total. The van der Waals surface area contributed by atoms with Crippen molar-refractivity contribution < 1.29 is 9.53 Å². The number of pyridine rings is 1. The maximum Gasteiger partial charge on any atom is 0.320 e. The topological polar surface area (TPSA) is 84.3 Å². The number of likely N-dealkylation sites (tertiary alicyclic amines) is 1. The van der Waals surface area contributed by atoms with Crippen LogP contribution in [0.25, 0.3) is 16.9 Å². The largest absolute Gasteiger partial charge is 0.449 e. The molecule has 3 heterocycles. The third-order valence-electron chi connectivity index (χ3n) is 5.12. The second kappa shape index (κ2) is 9.22. The Morgan fingerprint density at radius 1 is 1.23 bits per heavy atom. The van der Waals surface area contributed by atoms with E-state index in [-0.39, 0.29) is 12.1 Å². The standard InChI is InChI=1S/C23H24N6O2/c1-17-21(18-7-6-11-24-15-18)27-29(20-8-4-3-5-9-20)22(17)26-23(30)25-19-10-12-28(16-19)13-14-31-2/h3-9,11,15,19H,10,12,16H2,1-2H3,(H2,25,26,30). The fraction of sp³-hybridized carbons (Fsp3) is 0.261. The Morgan fingerprint density at radius 3 is 2.81 bits per heavy atom. The van der Waals surface area contributed by atoms with Crippen molar-refractivity contribution in [1.82, 2.24) is 25.0 Å². The minimum absolute atomic E-state index is 0.0114. The van der Waals surface area contributed by atoms with Crippen LogP contribution in [0.2, 0.25) is 0 Å². The number of hydrogen-bond donors (Lipinski definition) is 2. The third-order valence-corrected chi connectivity index (χ3v) is 5.12. The Bertz CT molecular complexity index is 1100. The molecule has 1 saturated heterocycles. The van der Waals surface area contributed by atoms with Crippen molar-refractivity contribution in [1.29, 1.82) is 0 Å². The minimum atomic E-state index is -0.274. The van der Waals surface area contributed by atoms with E-state index in [9.17, 15) is 4.79 Å². The summed E-state index contributed by atoms with van der Waals surface area (Å²) in [5, 5.41) is 10.8. The number of carbonyl (C=O) groups is 1. The van der Waals surface area contributed by atoms with E-state index in [1.54, 1.807) is 17.1 Å². The van der Waals surface area contributed by atoms with E-state index in [4.69, 9.17) is 9.84 Å². The lowest BCUT2D eigenvalue weighted by Crippen LogP contribution is -2.39. The monoisotopic (exact) mass is 416 g/mol. The summed E-state index contributed by atoms with van der Waals surface area (Å²) < 4.78 is 6.54. The minimum Gasteiger partial charge on any atom is -0.449 e. The number of rotatable bonds is 4. The van der Waals surface area contributed by atoms with Crippen molar-refractivity contribution in [3.63, 3.8) is 0 Å². The highest BCUT2D eigenvalue weighted by Gasteiger charge is 2.24. The number of hydrogen-bond acceptors (Lipinski definition) is 5. The smallest absolute Gasteiger partial charge is 0.320 e. The van der Waals surface area contributed by atoms with Gasteiger partial charge in [0.25, 0.3) is 0 Å². The molecule has 1 fully saturated rings. The van der Waals surface area contributed by atoms with Crippen LogP contribution >= 0.6 is 0 Å². The second-order valence-corrected chi connectivity index (χ2v) is 7.26. The summed E-state index contributed by atoms with van der Waals surface area (Å²) in [5.41, 5.74) is 3.39. The van der Waals surface area contributed by atoms with Crippen LogP contribution in [0.15, 0.2) is 54.9 Å². The Hall–Kier alpha value is -3.99. The van der Waals surface area contributed by atoms with Crippen molar-refractivity contribution >= 4 is 11.8 Å². The number of carbonyl (C=O) groups excluding carboxylic acids is 1. The Labute approximate surface area is 181 Å². The average Bonchev–Trinajstić information content (AvgIpc) is 3.38. The van der Waals surface area contributed by atoms with Crippen LogP contribution in [0.4, 0.5) is 10.6 Å². The van der Waals surface area contributed by atoms with Gasteiger partial charge in [0.2, 0.25) is 0 Å². The van der Waals surface area contributed by atoms with Crippen molar-refractivity contribution in [3.05, 3.63) is 60.4 Å². The van der Waals surface area contributed by atoms with Gasteiger partial charge in [0.05, 0.1) is 30.6 Å². The van der Waals surface area contributed by atoms with E-state index in [0.717, 1.165) is 35.5 Å². The Morgan fingerprint density at radius 2 is 2.06 bits per heavy atom. The van der Waals surface area contributed by atoms with Crippen LogP contribution in [0, 0.1) is 19.1 Å². The van der Waals surface area contributed by atoms with Gasteiger partial charge in [-0.25, -0.2) is 9.48 Å². The number of benzene rings is 1. The Balaban J connectivity index is 1.57. The number of nitrogens with zero attached hydrogens (tertiary/aromatic N) is 4. The number of aromatic nitrogens is 3. The zero-order valence-corrected chi connectivity index (χ0v) is 17.5. The summed E-state index contributed by atoms with van der Waals surface area (Å²) in [4.78, 5) is 19.0. The zero-order valence-electron chi connectivity index (χ0n) is 17.5. The summed E-state index contributed by atoms with van der Waals surface area (Å²) >= 11 is 0. The molecule has 1 unspecified atom stereocenters. The second-order valence-electron chi connectivity index (χ2n) is 7.26. The number of urea groups is 1. The molecule has 2 aromatic heterocycles. The molecule has 8 nitrogen and oxygen atoms in total. The number of para-hydroxylation sites is 1. The van der Waals surface area contributed by atoms with Crippen LogP contribution < -0.4 is 10.6 Å². The maximum atomic E-state index is 12.8. The normalized spacial score (nSPS) is 15.2. The van der Waals surface area contributed by atoms with E-state index in [1.165, 1.54) is 7.11 Å². The molecule has 158 valence electrons. The van der Waals surface area contributed by atoms with Crippen LogP contribution in [0.3, 0.4) is 0 Å². The lowest BCUT2D eigenvalue weighted by molar-refractivity contribution is 0.248. The highest BCUT2D eigenvalue weighted by Crippen LogP contribution is 2.30. The van der Waals surface area contributed by atoms with Crippen LogP contribution in [-0.2, 0) is 4.74 Å². The van der Waals surface area contributed by atoms with E-state index in [0.29, 0.717) is 12.4 Å². The van der Waals surface area contributed by atoms with Gasteiger partial charge in [0.15, 0.2) is 0 Å². The van der Waals surface area contributed by atoms with Crippen molar-refractivity contribution in [3.8, 4) is 29.1 Å². The summed E-state index contributed by atoms with van der Waals surface area (Å²) in [6, 6.07) is 16.2. The SMILES string of the molecule is COC#CN1CCC(NC(=O)Nc2c(C)c(-c3cccnc3)nn2-c2ccccc2)C1. The molecule has 0 bridgehead atoms. The molecule has 0 saturated carbocycles. The lowest BCUT2D eigenvalue weighted by atomic mass is 10.1. The predicted octanol–water partition coefficient (Wildman–Crippen LogP) is 3.00. The molecule has 4 rings (SSSR count). The molecule has 0 radical (unpaired) electrons. The fourth-order valence-corrected chi connectivity index (χ4v) is 3.59. The summed E-state index contributed by atoms with van der Waals surface area (Å²) in [6.45, 7) is 3.39. The van der Waals surface area contributed by atoms with Crippen LogP contribution in [0.1, 0.15) is 12.0 Å². The molecule has 31 heavy (non-hydrogen) atoms. The predicted molar refractivity (Wildman–Crippen MR) is 118 cm³/mol. The van der Waals surface area contributed by atoms with Gasteiger partial charge in [-0.3, -0.25) is 10.3 Å². The molecule has 3 aromatic rings. The van der Waals surface area contributed by atoms with Crippen molar-refractivity contribution in [2.75, 3.05) is 25.5 Å². The number of amides is 2. The number of ether oxygens (including phenoxy) is 1. The van der Waals surface area contributed by atoms with Gasteiger partial charge < -0.3 is 15.0 Å². The summed E-state index contributed by atoms with van der Waals surface area (Å²) in [6.07, 6.45) is 6.90. The molecular weight excluding hydrogens is 392 g/mol. The van der Waals surface area contributed by atoms with Gasteiger partial charge in [0.1, 0.15) is 11.9 Å². The molecule has 1 aliphatic rings. The quantitative estimate of drug-likeness (QED) is 0.639. The average molecular weight is 416 g/mol. The van der Waals surface area contributed by atoms with Crippen molar-refractivity contribution in [2.24, 2.45) is 0 Å². The van der Waals surface area contributed by atoms with E-state index < -0.39 is 0 Å². The van der Waals surface area contributed by atoms with E-state index >= 15 is 0 Å². The lowest BCUT2D eigenvalue weighted by Gasteiger charge is -2.15. The first kappa shape index (κ1) is 20.3. The van der Waals surface area contributed by atoms with E-state index in [2.05, 4.69) is 27.8 Å². The molecule has 1 aliphatic heterocycles. The van der Waals surface area contributed by atoms with Gasteiger partial charge in [-0.2, -0.15) is 5.10 Å². The van der Waals surface area contributed by atoms with Gasteiger partial charge >= 0.3 is 6.03 Å². The van der Waals surface area contributed by atoms with Gasteiger partial charge in [-0.05, 0) is 37.6 Å². The third kappa shape index (κ3) is 4.61. The maximum absolute atomic E-state index is 12.8. The van der Waals surface area contributed by atoms with Crippen LogP contribution in [0.5, 0.6) is 0 Å². The first-order valence-electron chi connectivity index (χ1n) is 10.1. The first-order chi connectivity index (χ1) is 15.2. The molecular formula is C23H24N6O2. The first-order valence-corrected chi connectivity index (χ1v) is 10.1. The van der Waals surface area contributed by atoms with Gasteiger partial charge in [0, 0.05) is 36.6 Å². The van der Waals surface area contributed by atoms with E-state index in [1.807, 2.05) is 54.3 Å². The number of anilines is 1. The molecule has 1 atom stereocenters. The zero-order chi connectivity index (χ0) is 21.6. The molecule has 1 aromatic carbocycles. The highest BCUT2D eigenvalue weighted by atomic mass is 16.5. The number of methoxy groups -OCH3 is 1. The molecule has 0 aliphatic carbocycles. The van der Waals surface area contributed by atoms with Gasteiger partial charge in [-0.1, -0.05) is 18.2 Å².